The van der Waals surface area contributed by atoms with Gasteiger partial charge < -0.3 is 4.90 Å². The van der Waals surface area contributed by atoms with Crippen molar-refractivity contribution in [1.29, 1.82) is 0 Å². The Kier molecular flexibility index (Phi) is 4.88. The Balaban J connectivity index is 1.51. The smallest absolute Gasteiger partial charge is 0.242 e. The second-order valence-electron chi connectivity index (χ2n) is 5.68. The van der Waals surface area contributed by atoms with E-state index in [2.05, 4.69) is 19.8 Å². The van der Waals surface area contributed by atoms with Crippen LogP contribution in [0.4, 0.5) is 10.9 Å². The molecule has 0 saturated carbocycles. The molecule has 0 aliphatic carbocycles. The fourth-order valence-corrected chi connectivity index (χ4v) is 3.36. The number of rotatable bonds is 4. The molecule has 0 aromatic carbocycles. The van der Waals surface area contributed by atoms with Gasteiger partial charge in [-0.3, -0.25) is 14.6 Å². The third-order valence-electron chi connectivity index (χ3n) is 3.97. The molecule has 0 spiro atoms. The molecule has 1 aliphatic rings. The van der Waals surface area contributed by atoms with Crippen LogP contribution < -0.4 is 9.80 Å². The summed E-state index contributed by atoms with van der Waals surface area (Å²) in [5, 5.41) is 2.73. The maximum Gasteiger partial charge on any atom is 0.242 e. The standard InChI is InChI=1S/C16H21N5OS/c1-13-12-23-16(18-13)19(2)15(22)11-20-7-9-21(10-8-20)14-5-3-4-6-17-14/h3-6,12H,7-11H2,1-2H3. The van der Waals surface area contributed by atoms with Crippen molar-refractivity contribution < 1.29 is 4.79 Å². The van der Waals surface area contributed by atoms with E-state index in [4.69, 9.17) is 0 Å². The normalized spacial score (nSPS) is 15.7. The second kappa shape index (κ2) is 7.06. The number of hydrogen-bond donors (Lipinski definition) is 0. The van der Waals surface area contributed by atoms with Gasteiger partial charge in [-0.15, -0.1) is 11.3 Å². The maximum absolute atomic E-state index is 12.4. The molecule has 2 aromatic rings. The molecular weight excluding hydrogens is 310 g/mol. The molecule has 1 saturated heterocycles. The van der Waals surface area contributed by atoms with Crippen LogP contribution in [0.15, 0.2) is 29.8 Å². The third-order valence-corrected chi connectivity index (χ3v) is 5.01. The van der Waals surface area contributed by atoms with E-state index in [-0.39, 0.29) is 5.91 Å². The summed E-state index contributed by atoms with van der Waals surface area (Å²) in [6, 6.07) is 5.96. The van der Waals surface area contributed by atoms with Crippen molar-refractivity contribution in [3.63, 3.8) is 0 Å². The highest BCUT2D eigenvalue weighted by Gasteiger charge is 2.22. The number of thiazole rings is 1. The van der Waals surface area contributed by atoms with Gasteiger partial charge in [0.2, 0.25) is 5.91 Å². The first-order valence-corrected chi connectivity index (χ1v) is 8.58. The van der Waals surface area contributed by atoms with Gasteiger partial charge in [-0.05, 0) is 19.1 Å². The van der Waals surface area contributed by atoms with Crippen LogP contribution in [0.5, 0.6) is 0 Å². The number of aromatic nitrogens is 2. The van der Waals surface area contributed by atoms with E-state index in [0.717, 1.165) is 42.8 Å². The molecule has 1 aliphatic heterocycles. The number of anilines is 2. The molecular formula is C16H21N5OS. The monoisotopic (exact) mass is 331 g/mol. The predicted molar refractivity (Wildman–Crippen MR) is 93.2 cm³/mol. The maximum atomic E-state index is 12.4. The molecule has 0 atom stereocenters. The average molecular weight is 331 g/mol. The molecule has 1 amide bonds. The van der Waals surface area contributed by atoms with Crippen LogP contribution in [0.3, 0.4) is 0 Å². The lowest BCUT2D eigenvalue weighted by Crippen LogP contribution is -2.50. The number of nitrogens with zero attached hydrogens (tertiary/aromatic N) is 5. The second-order valence-corrected chi connectivity index (χ2v) is 6.51. The highest BCUT2D eigenvalue weighted by molar-refractivity contribution is 7.14. The Morgan fingerprint density at radius 3 is 2.70 bits per heavy atom. The van der Waals surface area contributed by atoms with Crippen molar-refractivity contribution in [2.75, 3.05) is 49.6 Å². The molecule has 2 aromatic heterocycles. The van der Waals surface area contributed by atoms with Gasteiger partial charge in [0.15, 0.2) is 5.13 Å². The van der Waals surface area contributed by atoms with Gasteiger partial charge >= 0.3 is 0 Å². The van der Waals surface area contributed by atoms with E-state index in [9.17, 15) is 4.79 Å². The van der Waals surface area contributed by atoms with Crippen molar-refractivity contribution >= 4 is 28.2 Å². The first kappa shape index (κ1) is 15.9. The van der Waals surface area contributed by atoms with Crippen LogP contribution in [0.1, 0.15) is 5.69 Å². The highest BCUT2D eigenvalue weighted by Crippen LogP contribution is 2.19. The Hall–Kier alpha value is -1.99. The zero-order chi connectivity index (χ0) is 16.2. The van der Waals surface area contributed by atoms with Crippen molar-refractivity contribution in [2.24, 2.45) is 0 Å². The van der Waals surface area contributed by atoms with Crippen molar-refractivity contribution in [3.05, 3.63) is 35.5 Å². The lowest BCUT2D eigenvalue weighted by molar-refractivity contribution is -0.119. The minimum Gasteiger partial charge on any atom is -0.354 e. The molecule has 0 N–H and O–H groups in total. The highest BCUT2D eigenvalue weighted by atomic mass is 32.1. The van der Waals surface area contributed by atoms with Crippen LogP contribution in [-0.4, -0.2) is 60.5 Å². The molecule has 1 fully saturated rings. The minimum atomic E-state index is 0.0886. The van der Waals surface area contributed by atoms with Gasteiger partial charge in [0.05, 0.1) is 12.2 Å². The van der Waals surface area contributed by atoms with E-state index < -0.39 is 0 Å². The predicted octanol–water partition coefficient (Wildman–Crippen LogP) is 1.63. The molecule has 0 unspecified atom stereocenters. The lowest BCUT2D eigenvalue weighted by Gasteiger charge is -2.35. The fraction of sp³-hybridized carbons (Fsp3) is 0.438. The Labute approximate surface area is 140 Å². The van der Waals surface area contributed by atoms with Crippen molar-refractivity contribution in [2.45, 2.75) is 6.92 Å². The number of hydrogen-bond acceptors (Lipinski definition) is 6. The van der Waals surface area contributed by atoms with E-state index >= 15 is 0 Å². The fourth-order valence-electron chi connectivity index (χ4n) is 2.58. The van der Waals surface area contributed by atoms with Crippen LogP contribution in [0.2, 0.25) is 0 Å². The van der Waals surface area contributed by atoms with Gasteiger partial charge in [-0.1, -0.05) is 6.07 Å². The zero-order valence-corrected chi connectivity index (χ0v) is 14.3. The number of amides is 1. The topological polar surface area (TPSA) is 52.6 Å². The number of carbonyl (C=O) groups is 1. The molecule has 122 valence electrons. The molecule has 23 heavy (non-hydrogen) atoms. The number of carbonyl (C=O) groups excluding carboxylic acids is 1. The average Bonchev–Trinajstić information content (AvgIpc) is 3.02. The summed E-state index contributed by atoms with van der Waals surface area (Å²) in [6.45, 7) is 5.90. The van der Waals surface area contributed by atoms with Crippen LogP contribution in [-0.2, 0) is 4.79 Å². The van der Waals surface area contributed by atoms with E-state index in [0.29, 0.717) is 6.54 Å². The summed E-state index contributed by atoms with van der Waals surface area (Å²) in [4.78, 5) is 27.3. The third kappa shape index (κ3) is 3.86. The number of aryl methyl sites for hydroxylation is 1. The van der Waals surface area contributed by atoms with Gasteiger partial charge in [-0.2, -0.15) is 0 Å². The number of likely N-dealkylation sites (N-methyl/N-ethyl adjacent to an activating group) is 1. The van der Waals surface area contributed by atoms with Gasteiger partial charge in [0, 0.05) is 44.8 Å². The van der Waals surface area contributed by atoms with Gasteiger partial charge in [0.25, 0.3) is 0 Å². The Morgan fingerprint density at radius 2 is 2.09 bits per heavy atom. The van der Waals surface area contributed by atoms with E-state index in [1.165, 1.54) is 11.3 Å². The first-order valence-electron chi connectivity index (χ1n) is 7.70. The van der Waals surface area contributed by atoms with Gasteiger partial charge in [0.1, 0.15) is 5.82 Å². The molecule has 0 radical (unpaired) electrons. The molecule has 3 heterocycles. The number of piperazine rings is 1. The van der Waals surface area contributed by atoms with Crippen molar-refractivity contribution in [3.8, 4) is 0 Å². The van der Waals surface area contributed by atoms with Gasteiger partial charge in [-0.25, -0.2) is 9.97 Å². The lowest BCUT2D eigenvalue weighted by atomic mass is 10.3. The van der Waals surface area contributed by atoms with Crippen LogP contribution >= 0.6 is 11.3 Å². The summed E-state index contributed by atoms with van der Waals surface area (Å²) in [7, 11) is 1.80. The van der Waals surface area contributed by atoms with Crippen LogP contribution in [0, 0.1) is 6.92 Å². The largest absolute Gasteiger partial charge is 0.354 e. The number of pyridine rings is 1. The van der Waals surface area contributed by atoms with E-state index in [1.54, 1.807) is 11.9 Å². The van der Waals surface area contributed by atoms with Crippen LogP contribution in [0.25, 0.3) is 0 Å². The minimum absolute atomic E-state index is 0.0886. The quantitative estimate of drug-likeness (QED) is 0.852. The summed E-state index contributed by atoms with van der Waals surface area (Å²) in [6.07, 6.45) is 1.82. The molecule has 7 heteroatoms. The zero-order valence-electron chi connectivity index (χ0n) is 13.5. The Morgan fingerprint density at radius 1 is 1.30 bits per heavy atom. The van der Waals surface area contributed by atoms with Crippen molar-refractivity contribution in [1.82, 2.24) is 14.9 Å². The first-order chi connectivity index (χ1) is 11.1. The summed E-state index contributed by atoms with van der Waals surface area (Å²) in [5.41, 5.74) is 0.952. The SMILES string of the molecule is Cc1csc(N(C)C(=O)CN2CCN(c3ccccn3)CC2)n1. The molecule has 6 nitrogen and oxygen atoms in total. The summed E-state index contributed by atoms with van der Waals surface area (Å²) < 4.78 is 0. The Bertz CT molecular complexity index is 652. The van der Waals surface area contributed by atoms with E-state index in [1.807, 2.05) is 36.7 Å². The summed E-state index contributed by atoms with van der Waals surface area (Å²) >= 11 is 1.50. The molecule has 0 bridgehead atoms. The molecule has 3 rings (SSSR count). The summed E-state index contributed by atoms with van der Waals surface area (Å²) in [5.74, 6) is 1.10.